The Morgan fingerprint density at radius 3 is 2.53 bits per heavy atom. The van der Waals surface area contributed by atoms with Gasteiger partial charge in [-0.15, -0.1) is 0 Å². The first-order valence-electron chi connectivity index (χ1n) is 11.0. The van der Waals surface area contributed by atoms with Crippen LogP contribution >= 0.6 is 12.2 Å². The zero-order valence-electron chi connectivity index (χ0n) is 18.8. The van der Waals surface area contributed by atoms with Crippen LogP contribution in [-0.4, -0.2) is 20.2 Å². The summed E-state index contributed by atoms with van der Waals surface area (Å²) < 4.78 is 24.6. The van der Waals surface area contributed by atoms with Crippen molar-refractivity contribution in [3.8, 4) is 11.4 Å². The van der Waals surface area contributed by atoms with Crippen molar-refractivity contribution in [2.75, 3.05) is 0 Å². The molecule has 0 aliphatic carbocycles. The van der Waals surface area contributed by atoms with E-state index in [9.17, 15) is 4.39 Å². The van der Waals surface area contributed by atoms with Crippen molar-refractivity contribution >= 4 is 22.9 Å². The molecule has 1 aliphatic rings. The van der Waals surface area contributed by atoms with Gasteiger partial charge in [-0.3, -0.25) is 0 Å². The molecule has 2 aromatic heterocycles. The molecule has 0 saturated heterocycles. The van der Waals surface area contributed by atoms with Crippen molar-refractivity contribution < 1.29 is 13.3 Å². The van der Waals surface area contributed by atoms with Crippen molar-refractivity contribution in [3.05, 3.63) is 101 Å². The highest BCUT2D eigenvalue weighted by molar-refractivity contribution is 7.80. The van der Waals surface area contributed by atoms with E-state index in [0.29, 0.717) is 28.9 Å². The van der Waals surface area contributed by atoms with Crippen LogP contribution in [0.25, 0.3) is 17.0 Å². The zero-order chi connectivity index (χ0) is 23.7. The molecule has 0 fully saturated rings. The number of hydrogen-bond acceptors (Lipinski definition) is 5. The van der Waals surface area contributed by atoms with E-state index in [0.717, 1.165) is 29.0 Å². The standard InChI is InChI=1S/C26H23FN4O2S/c1-3-17-6-8-18(9-7-17)23-22(16(2)31(26(34)28-23)15-21-5-4-14-32-21)25-29-24(30-33-25)19-10-12-20(27)13-11-19/h4-14,23H,3,15H2,1-2H3,(H,28,34). The van der Waals surface area contributed by atoms with E-state index >= 15 is 0 Å². The number of allylic oxidation sites excluding steroid dienone is 1. The van der Waals surface area contributed by atoms with Crippen molar-refractivity contribution in [1.82, 2.24) is 20.4 Å². The molecular weight excluding hydrogens is 451 g/mol. The number of aromatic nitrogens is 2. The van der Waals surface area contributed by atoms with Gasteiger partial charge in [0.05, 0.1) is 24.4 Å². The van der Waals surface area contributed by atoms with Gasteiger partial charge in [0.15, 0.2) is 5.11 Å². The third-order valence-electron chi connectivity index (χ3n) is 5.97. The first-order chi connectivity index (χ1) is 16.5. The highest BCUT2D eigenvalue weighted by Gasteiger charge is 2.34. The molecule has 172 valence electrons. The number of hydrogen-bond donors (Lipinski definition) is 1. The second kappa shape index (κ2) is 9.23. The Balaban J connectivity index is 1.58. The number of benzene rings is 2. The van der Waals surface area contributed by atoms with E-state index in [1.165, 1.54) is 17.7 Å². The summed E-state index contributed by atoms with van der Waals surface area (Å²) in [6.45, 7) is 4.58. The highest BCUT2D eigenvalue weighted by atomic mass is 32.1. The van der Waals surface area contributed by atoms with Crippen molar-refractivity contribution in [1.29, 1.82) is 0 Å². The number of rotatable bonds is 6. The molecule has 0 bridgehead atoms. The molecule has 5 rings (SSSR count). The van der Waals surface area contributed by atoms with Gasteiger partial charge < -0.3 is 19.2 Å². The zero-order valence-corrected chi connectivity index (χ0v) is 19.6. The number of halogens is 1. The fourth-order valence-corrected chi connectivity index (χ4v) is 4.37. The average molecular weight is 475 g/mol. The number of thiocarbonyl (C=S) groups is 1. The summed E-state index contributed by atoms with van der Waals surface area (Å²) in [6, 6.07) is 17.9. The van der Waals surface area contributed by atoms with Crippen molar-refractivity contribution in [3.63, 3.8) is 0 Å². The number of furan rings is 1. The van der Waals surface area contributed by atoms with E-state index in [2.05, 4.69) is 46.6 Å². The SMILES string of the molecule is CCc1ccc(C2NC(=S)N(Cc3ccco3)C(C)=C2c2nc(-c3ccc(F)cc3)no2)cc1. The van der Waals surface area contributed by atoms with E-state index in [4.69, 9.17) is 21.2 Å². The Morgan fingerprint density at radius 2 is 1.85 bits per heavy atom. The maximum absolute atomic E-state index is 13.4. The molecule has 0 saturated carbocycles. The Hall–Kier alpha value is -3.78. The van der Waals surface area contributed by atoms with Crippen LogP contribution in [0.15, 0.2) is 81.6 Å². The summed E-state index contributed by atoms with van der Waals surface area (Å²) in [5, 5.41) is 8.19. The van der Waals surface area contributed by atoms with Gasteiger partial charge in [-0.2, -0.15) is 4.98 Å². The monoisotopic (exact) mass is 474 g/mol. The minimum atomic E-state index is -0.319. The fraction of sp³-hybridized carbons (Fsp3) is 0.192. The molecule has 0 spiro atoms. The largest absolute Gasteiger partial charge is 0.467 e. The summed E-state index contributed by atoms with van der Waals surface area (Å²) in [7, 11) is 0. The molecule has 1 unspecified atom stereocenters. The number of nitrogens with one attached hydrogen (secondary N) is 1. The second-order valence-corrected chi connectivity index (χ2v) is 8.46. The first kappa shape index (κ1) is 22.0. The quantitative estimate of drug-likeness (QED) is 0.349. The van der Waals surface area contributed by atoms with E-state index in [-0.39, 0.29) is 11.9 Å². The molecule has 34 heavy (non-hydrogen) atoms. The highest BCUT2D eigenvalue weighted by Crippen LogP contribution is 2.38. The Kier molecular flexibility index (Phi) is 5.98. The number of nitrogens with zero attached hydrogens (tertiary/aromatic N) is 3. The molecule has 0 amide bonds. The van der Waals surface area contributed by atoms with Gasteiger partial charge in [-0.1, -0.05) is 36.3 Å². The van der Waals surface area contributed by atoms with Gasteiger partial charge in [0.2, 0.25) is 5.82 Å². The summed E-state index contributed by atoms with van der Waals surface area (Å²) in [5.74, 6) is 1.23. The minimum absolute atomic E-state index is 0.271. The van der Waals surface area contributed by atoms with Crippen LogP contribution in [0.4, 0.5) is 4.39 Å². The van der Waals surface area contributed by atoms with E-state index in [1.807, 2.05) is 24.0 Å². The molecule has 1 N–H and O–H groups in total. The third-order valence-corrected chi connectivity index (χ3v) is 6.31. The summed E-state index contributed by atoms with van der Waals surface area (Å²) >= 11 is 5.74. The molecule has 0 radical (unpaired) electrons. The molecular formula is C26H23FN4O2S. The predicted octanol–water partition coefficient (Wildman–Crippen LogP) is 5.89. The van der Waals surface area contributed by atoms with Crippen LogP contribution in [0.3, 0.4) is 0 Å². The Bertz CT molecular complexity index is 1330. The van der Waals surface area contributed by atoms with Gasteiger partial charge in [-0.25, -0.2) is 4.39 Å². The van der Waals surface area contributed by atoms with Crippen LogP contribution in [0.2, 0.25) is 0 Å². The maximum Gasteiger partial charge on any atom is 0.258 e. The molecule has 3 heterocycles. The first-order valence-corrected chi connectivity index (χ1v) is 11.4. The topological polar surface area (TPSA) is 67.3 Å². The maximum atomic E-state index is 13.4. The normalized spacial score (nSPS) is 16.1. The van der Waals surface area contributed by atoms with Crippen molar-refractivity contribution in [2.45, 2.75) is 32.9 Å². The van der Waals surface area contributed by atoms with E-state index in [1.54, 1.807) is 18.4 Å². The van der Waals surface area contributed by atoms with E-state index < -0.39 is 0 Å². The molecule has 6 nitrogen and oxygen atoms in total. The van der Waals surface area contributed by atoms with Crippen LogP contribution in [0.5, 0.6) is 0 Å². The lowest BCUT2D eigenvalue weighted by atomic mass is 9.94. The van der Waals surface area contributed by atoms with Gasteiger partial charge in [-0.05, 0) is 73.1 Å². The van der Waals surface area contributed by atoms with Gasteiger partial charge in [0, 0.05) is 11.3 Å². The molecule has 8 heteroatoms. The third kappa shape index (κ3) is 4.24. The second-order valence-electron chi connectivity index (χ2n) is 8.07. The van der Waals surface area contributed by atoms with Gasteiger partial charge >= 0.3 is 0 Å². The average Bonchev–Trinajstić information content (AvgIpc) is 3.54. The van der Waals surface area contributed by atoms with Crippen LogP contribution < -0.4 is 5.32 Å². The lowest BCUT2D eigenvalue weighted by Gasteiger charge is -2.37. The Labute approximate surface area is 202 Å². The predicted molar refractivity (Wildman–Crippen MR) is 131 cm³/mol. The molecule has 4 aromatic rings. The summed E-state index contributed by atoms with van der Waals surface area (Å²) in [6.07, 6.45) is 2.60. The summed E-state index contributed by atoms with van der Waals surface area (Å²) in [4.78, 5) is 6.62. The lowest BCUT2D eigenvalue weighted by molar-refractivity contribution is 0.382. The smallest absolute Gasteiger partial charge is 0.258 e. The molecule has 2 aromatic carbocycles. The fourth-order valence-electron chi connectivity index (χ4n) is 4.05. The summed E-state index contributed by atoms with van der Waals surface area (Å²) in [5.41, 5.74) is 4.67. The molecule has 1 atom stereocenters. The minimum Gasteiger partial charge on any atom is -0.467 e. The van der Waals surface area contributed by atoms with Crippen molar-refractivity contribution in [2.24, 2.45) is 0 Å². The lowest BCUT2D eigenvalue weighted by Crippen LogP contribution is -2.45. The van der Waals surface area contributed by atoms with Crippen LogP contribution in [0, 0.1) is 5.82 Å². The van der Waals surface area contributed by atoms with Gasteiger partial charge in [0.1, 0.15) is 11.6 Å². The van der Waals surface area contributed by atoms with Crippen LogP contribution in [-0.2, 0) is 13.0 Å². The van der Waals surface area contributed by atoms with Crippen LogP contribution in [0.1, 0.15) is 42.7 Å². The van der Waals surface area contributed by atoms with Gasteiger partial charge in [0.25, 0.3) is 5.89 Å². The molecule has 1 aliphatic heterocycles. The number of aryl methyl sites for hydroxylation is 1. The Morgan fingerprint density at radius 1 is 1.09 bits per heavy atom.